The van der Waals surface area contributed by atoms with Crippen LogP contribution in [0, 0.1) is 11.2 Å². The van der Waals surface area contributed by atoms with Crippen molar-refractivity contribution in [1.29, 1.82) is 0 Å². The first-order chi connectivity index (χ1) is 18.0. The molecular weight excluding hydrogens is 471 g/mol. The van der Waals surface area contributed by atoms with Crippen molar-refractivity contribution >= 4 is 28.7 Å². The predicted octanol–water partition coefficient (Wildman–Crippen LogP) is 4.65. The molecule has 3 aromatic heterocycles. The van der Waals surface area contributed by atoms with Crippen LogP contribution in [-0.2, 0) is 11.8 Å². The molecule has 0 bridgehead atoms. The monoisotopic (exact) mass is 502 g/mol. The molecule has 3 aromatic rings. The van der Waals surface area contributed by atoms with E-state index in [9.17, 15) is 4.79 Å². The number of anilines is 1. The van der Waals surface area contributed by atoms with Gasteiger partial charge in [-0.1, -0.05) is 6.08 Å². The number of ether oxygens (including phenoxy) is 1. The zero-order valence-corrected chi connectivity index (χ0v) is 21.0. The number of nitrogens with zero attached hydrogens (tertiary/aromatic N) is 5. The van der Waals surface area contributed by atoms with Crippen LogP contribution < -0.4 is 10.5 Å². The van der Waals surface area contributed by atoms with Gasteiger partial charge in [-0.15, -0.1) is 0 Å². The van der Waals surface area contributed by atoms with E-state index in [-0.39, 0.29) is 17.4 Å². The van der Waals surface area contributed by atoms with Crippen LogP contribution in [0.1, 0.15) is 50.6 Å². The number of carbonyl (C=O) groups excluding carboxylic acids is 1. The van der Waals surface area contributed by atoms with E-state index < -0.39 is 5.82 Å². The van der Waals surface area contributed by atoms with Crippen molar-refractivity contribution in [3.05, 3.63) is 48.5 Å². The minimum absolute atomic E-state index is 0.0467. The standard InChI is InChI=1S/C28H31FN6O2/c1-34-24(18-5-7-28(8-6-18)9-12-35(13-10-28)11-2-14-36)22(23-25(30)32-17-33-26(23)34)19-15-21(29)27(31-16-19)37-20-3-4-20/h2,5,11,14-17,20H,3-4,6-10,12-13H2,1H3,(H2,30,32,33). The normalized spacial score (nSPS) is 19.5. The minimum atomic E-state index is -0.477. The number of nitrogens with two attached hydrogens (primary N) is 1. The number of aryl methyl sites for hydroxylation is 1. The number of hydrogen-bond donors (Lipinski definition) is 1. The van der Waals surface area contributed by atoms with Gasteiger partial charge in [0.1, 0.15) is 30.2 Å². The lowest BCUT2D eigenvalue weighted by molar-refractivity contribution is -0.104. The quantitative estimate of drug-likeness (QED) is 0.387. The van der Waals surface area contributed by atoms with Crippen LogP contribution in [0.4, 0.5) is 10.2 Å². The number of nitrogen functional groups attached to an aromatic ring is 1. The van der Waals surface area contributed by atoms with Gasteiger partial charge in [0.25, 0.3) is 5.88 Å². The second kappa shape index (κ2) is 9.28. The largest absolute Gasteiger partial charge is 0.472 e. The van der Waals surface area contributed by atoms with E-state index in [2.05, 4.69) is 25.9 Å². The second-order valence-electron chi connectivity index (χ2n) is 10.5. The molecule has 1 aliphatic heterocycles. The van der Waals surface area contributed by atoms with Gasteiger partial charge in [-0.25, -0.2) is 19.3 Å². The lowest BCUT2D eigenvalue weighted by atomic mass is 9.68. The topological polar surface area (TPSA) is 99.2 Å². The molecular formula is C28H31FN6O2. The first kappa shape index (κ1) is 23.6. The Kier molecular flexibility index (Phi) is 5.93. The van der Waals surface area contributed by atoms with Crippen LogP contribution in [0.25, 0.3) is 27.7 Å². The fraction of sp³-hybridized carbons (Fsp3) is 0.429. The summed E-state index contributed by atoms with van der Waals surface area (Å²) in [6, 6.07) is 1.49. The molecule has 2 N–H and O–H groups in total. The predicted molar refractivity (Wildman–Crippen MR) is 140 cm³/mol. The molecule has 2 fully saturated rings. The minimum Gasteiger partial charge on any atom is -0.472 e. The Labute approximate surface area is 215 Å². The number of aldehydes is 1. The van der Waals surface area contributed by atoms with Gasteiger partial charge in [-0.3, -0.25) is 4.79 Å². The summed E-state index contributed by atoms with van der Waals surface area (Å²) < 4.78 is 22.7. The first-order valence-electron chi connectivity index (χ1n) is 12.9. The SMILES string of the molecule is Cn1c(C2=CCC3(CC2)CCN(C=CC=O)CC3)c(-c2cnc(OC3CC3)c(F)c2)c2c(N)ncnc21. The Hall–Kier alpha value is -3.75. The zero-order chi connectivity index (χ0) is 25.6. The molecule has 3 aliphatic rings. The highest BCUT2D eigenvalue weighted by molar-refractivity contribution is 6.05. The van der Waals surface area contributed by atoms with E-state index in [4.69, 9.17) is 10.5 Å². The van der Waals surface area contributed by atoms with Crippen LogP contribution in [0.5, 0.6) is 5.88 Å². The van der Waals surface area contributed by atoms with Gasteiger partial charge in [0.15, 0.2) is 5.82 Å². The number of pyridine rings is 1. The Bertz CT molecular complexity index is 1420. The molecule has 1 saturated heterocycles. The molecule has 0 aromatic carbocycles. The average molecular weight is 503 g/mol. The fourth-order valence-corrected chi connectivity index (χ4v) is 5.84. The van der Waals surface area contributed by atoms with Gasteiger partial charge in [0.2, 0.25) is 0 Å². The van der Waals surface area contributed by atoms with Crippen molar-refractivity contribution in [2.45, 2.75) is 51.0 Å². The summed E-state index contributed by atoms with van der Waals surface area (Å²) in [7, 11) is 1.98. The van der Waals surface area contributed by atoms with E-state index in [0.29, 0.717) is 22.4 Å². The highest BCUT2D eigenvalue weighted by Crippen LogP contribution is 2.49. The van der Waals surface area contributed by atoms with Gasteiger partial charge < -0.3 is 19.9 Å². The van der Waals surface area contributed by atoms with Crippen LogP contribution in [0.3, 0.4) is 0 Å². The first-order valence-corrected chi connectivity index (χ1v) is 12.9. The number of halogens is 1. The summed E-state index contributed by atoms with van der Waals surface area (Å²) in [4.78, 5) is 26.0. The van der Waals surface area contributed by atoms with Crippen molar-refractivity contribution in [2.24, 2.45) is 12.5 Å². The number of rotatable bonds is 6. The molecule has 6 rings (SSSR count). The third-order valence-electron chi connectivity index (χ3n) is 8.14. The maximum absolute atomic E-state index is 15.1. The van der Waals surface area contributed by atoms with Crippen molar-refractivity contribution in [1.82, 2.24) is 24.4 Å². The summed E-state index contributed by atoms with van der Waals surface area (Å²) in [6.07, 6.45) is 16.9. The number of fused-ring (bicyclic) bond motifs is 1. The van der Waals surface area contributed by atoms with Crippen LogP contribution in [0.2, 0.25) is 0 Å². The molecule has 0 unspecified atom stereocenters. The Morgan fingerprint density at radius 2 is 2.00 bits per heavy atom. The van der Waals surface area contributed by atoms with Crippen molar-refractivity contribution < 1.29 is 13.9 Å². The summed E-state index contributed by atoms with van der Waals surface area (Å²) in [5, 5.41) is 0.716. The van der Waals surface area contributed by atoms with E-state index in [1.807, 2.05) is 17.8 Å². The van der Waals surface area contributed by atoms with Crippen LogP contribution in [0.15, 0.2) is 36.9 Å². The number of carbonyl (C=O) groups is 1. The molecule has 2 aliphatic carbocycles. The van der Waals surface area contributed by atoms with E-state index in [0.717, 1.165) is 75.6 Å². The highest BCUT2D eigenvalue weighted by Gasteiger charge is 2.36. The number of hydrogen-bond acceptors (Lipinski definition) is 7. The maximum atomic E-state index is 15.1. The second-order valence-corrected chi connectivity index (χ2v) is 10.5. The Balaban J connectivity index is 1.36. The number of aromatic nitrogens is 4. The van der Waals surface area contributed by atoms with Gasteiger partial charge in [0, 0.05) is 43.7 Å². The molecule has 1 saturated carbocycles. The summed E-state index contributed by atoms with van der Waals surface area (Å²) in [6.45, 7) is 1.91. The average Bonchev–Trinajstić information content (AvgIpc) is 3.68. The Morgan fingerprint density at radius 3 is 2.68 bits per heavy atom. The summed E-state index contributed by atoms with van der Waals surface area (Å²) >= 11 is 0. The molecule has 4 heterocycles. The molecule has 1 spiro atoms. The third-order valence-corrected chi connectivity index (χ3v) is 8.14. The van der Waals surface area contributed by atoms with Crippen molar-refractivity contribution in [3.8, 4) is 17.0 Å². The summed E-state index contributed by atoms with van der Waals surface area (Å²) in [5.41, 5.74) is 11.0. The molecule has 8 nitrogen and oxygen atoms in total. The molecule has 0 radical (unpaired) electrons. The van der Waals surface area contributed by atoms with Gasteiger partial charge in [-0.05, 0) is 68.1 Å². The molecule has 37 heavy (non-hydrogen) atoms. The molecule has 0 atom stereocenters. The van der Waals surface area contributed by atoms with E-state index in [1.54, 1.807) is 12.3 Å². The Morgan fingerprint density at radius 1 is 1.19 bits per heavy atom. The van der Waals surface area contributed by atoms with Gasteiger partial charge in [-0.2, -0.15) is 0 Å². The number of likely N-dealkylation sites (tertiary alicyclic amines) is 1. The van der Waals surface area contributed by atoms with Gasteiger partial charge in [0.05, 0.1) is 11.1 Å². The molecule has 192 valence electrons. The van der Waals surface area contributed by atoms with Gasteiger partial charge >= 0.3 is 0 Å². The smallest absolute Gasteiger partial charge is 0.250 e. The fourth-order valence-electron chi connectivity index (χ4n) is 5.84. The van der Waals surface area contributed by atoms with E-state index >= 15 is 4.39 Å². The summed E-state index contributed by atoms with van der Waals surface area (Å²) in [5.74, 6) is -0.0654. The lowest BCUT2D eigenvalue weighted by Gasteiger charge is -2.43. The maximum Gasteiger partial charge on any atom is 0.250 e. The highest BCUT2D eigenvalue weighted by atomic mass is 19.1. The third kappa shape index (κ3) is 4.36. The molecule has 9 heteroatoms. The van der Waals surface area contributed by atoms with Crippen molar-refractivity contribution in [2.75, 3.05) is 18.8 Å². The van der Waals surface area contributed by atoms with Crippen LogP contribution >= 0.6 is 0 Å². The zero-order valence-electron chi connectivity index (χ0n) is 21.0. The molecule has 0 amide bonds. The number of allylic oxidation sites excluding steroid dienone is 3. The van der Waals surface area contributed by atoms with E-state index in [1.165, 1.54) is 18.0 Å². The number of piperidine rings is 1. The van der Waals surface area contributed by atoms with Crippen molar-refractivity contribution in [3.63, 3.8) is 0 Å². The lowest BCUT2D eigenvalue weighted by Crippen LogP contribution is -2.38. The van der Waals surface area contributed by atoms with Crippen LogP contribution in [-0.4, -0.2) is 49.9 Å².